The van der Waals surface area contributed by atoms with Crippen molar-refractivity contribution in [1.29, 1.82) is 0 Å². The standard InChI is InChI=1S/C75H95N5O12/c1-10-16-22-28-39-87-67-45-58(46-68(88-40-29-23-17-11-2)64(67)35-34-38-76-56(8)82)73(84)78-61-51-62(79-74(85)59-47-69(89-41-30-24-18-12-3)65(37-36-55(7)81)70(48-59)90-42-31-25-19-13-4)53-63(52-61)80-75(86)60-49-71(91-43-32-26-20-14-5)66(54-77-57(9)83)72(50-60)92-44-33-27-21-15-6/h1-6,45-50,61-63H,16-44,51-54H2,7-9H3,(H,76,82)(H,77,83)(H,78,84)(H,79,85)(H,80,86)/t61-,62+,63-/m0/s1. The van der Waals surface area contributed by atoms with Crippen molar-refractivity contribution in [2.75, 3.05) is 46.2 Å². The van der Waals surface area contributed by atoms with Crippen LogP contribution in [-0.2, 0) is 33.8 Å². The average molecular weight is 1260 g/mol. The fourth-order valence-corrected chi connectivity index (χ4v) is 10.3. The number of terminal acetylenes is 6. The lowest BCUT2D eigenvalue weighted by Gasteiger charge is -2.36. The first-order valence-corrected chi connectivity index (χ1v) is 32.4. The molecule has 17 heteroatoms. The Morgan fingerprint density at radius 2 is 0.652 bits per heavy atom. The minimum absolute atomic E-state index is 0.0262. The van der Waals surface area contributed by atoms with Crippen molar-refractivity contribution in [3.63, 3.8) is 0 Å². The van der Waals surface area contributed by atoms with E-state index in [2.05, 4.69) is 62.1 Å². The molecule has 1 aliphatic carbocycles. The van der Waals surface area contributed by atoms with E-state index in [1.54, 1.807) is 36.4 Å². The van der Waals surface area contributed by atoms with Crippen molar-refractivity contribution in [3.8, 4) is 109 Å². The van der Waals surface area contributed by atoms with Gasteiger partial charge >= 0.3 is 0 Å². The number of Topliss-reactive ketones (excluding diaryl/α,β-unsaturated/α-hetero) is 1. The van der Waals surface area contributed by atoms with Crippen LogP contribution in [0.3, 0.4) is 0 Å². The fraction of sp³-hybridized carbons (Fsp3) is 0.520. The van der Waals surface area contributed by atoms with Gasteiger partial charge in [0, 0.05) is 111 Å². The fourth-order valence-electron chi connectivity index (χ4n) is 10.3. The molecule has 1 fully saturated rings. The zero-order valence-corrected chi connectivity index (χ0v) is 54.4. The molecule has 0 bridgehead atoms. The Labute approximate surface area is 547 Å². The molecule has 4 rings (SSSR count). The van der Waals surface area contributed by atoms with Crippen LogP contribution in [0.25, 0.3) is 0 Å². The van der Waals surface area contributed by atoms with Crippen molar-refractivity contribution in [3.05, 3.63) is 69.8 Å². The summed E-state index contributed by atoms with van der Waals surface area (Å²) in [6.07, 6.45) is 47.2. The summed E-state index contributed by atoms with van der Waals surface area (Å²) in [4.78, 5) is 81.3. The Hall–Kier alpha value is -9.16. The summed E-state index contributed by atoms with van der Waals surface area (Å²) in [6.45, 7) is 6.63. The quantitative estimate of drug-likeness (QED) is 0.0264. The van der Waals surface area contributed by atoms with Crippen LogP contribution < -0.4 is 55.0 Å². The number of ketones is 1. The number of benzene rings is 3. The van der Waals surface area contributed by atoms with Crippen molar-refractivity contribution in [1.82, 2.24) is 26.6 Å². The molecule has 92 heavy (non-hydrogen) atoms. The Balaban J connectivity index is 1.84. The van der Waals surface area contributed by atoms with Gasteiger partial charge in [-0.1, -0.05) is 0 Å². The summed E-state index contributed by atoms with van der Waals surface area (Å²) in [5.74, 6) is 16.5. The highest BCUT2D eigenvalue weighted by Crippen LogP contribution is 2.36. The predicted molar refractivity (Wildman–Crippen MR) is 360 cm³/mol. The molecule has 492 valence electrons. The van der Waals surface area contributed by atoms with Gasteiger partial charge in [0.05, 0.1) is 51.7 Å². The average Bonchev–Trinajstić information content (AvgIpc) is 0.916. The lowest BCUT2D eigenvalue weighted by molar-refractivity contribution is -0.119. The number of rotatable bonds is 45. The van der Waals surface area contributed by atoms with Gasteiger partial charge in [-0.25, -0.2) is 0 Å². The van der Waals surface area contributed by atoms with Crippen LogP contribution in [0.1, 0.15) is 216 Å². The first kappa shape index (κ1) is 75.3. The van der Waals surface area contributed by atoms with Gasteiger partial charge in [0.1, 0.15) is 40.3 Å². The molecule has 1 saturated carbocycles. The van der Waals surface area contributed by atoms with E-state index in [1.807, 2.05) is 0 Å². The van der Waals surface area contributed by atoms with Gasteiger partial charge in [-0.15, -0.1) is 74.1 Å². The number of carbonyl (C=O) groups is 6. The highest BCUT2D eigenvalue weighted by atomic mass is 16.5. The number of hydrogen-bond acceptors (Lipinski definition) is 12. The molecule has 0 spiro atoms. The maximum Gasteiger partial charge on any atom is 0.251 e. The largest absolute Gasteiger partial charge is 0.493 e. The Morgan fingerprint density at radius 1 is 0.380 bits per heavy atom. The van der Waals surface area contributed by atoms with E-state index in [4.69, 9.17) is 67.0 Å². The summed E-state index contributed by atoms with van der Waals surface area (Å²) in [5.41, 5.74) is 2.63. The third kappa shape index (κ3) is 28.8. The van der Waals surface area contributed by atoms with Gasteiger partial charge < -0.3 is 59.8 Å². The molecule has 3 aromatic carbocycles. The summed E-state index contributed by atoms with van der Waals surface area (Å²) in [6, 6.07) is 8.04. The van der Waals surface area contributed by atoms with Gasteiger partial charge in [-0.05, 0) is 159 Å². The molecular weight excluding hydrogens is 1160 g/mol. The molecule has 0 aliphatic heterocycles. The van der Waals surface area contributed by atoms with Crippen LogP contribution in [0, 0.1) is 74.1 Å². The third-order valence-corrected chi connectivity index (χ3v) is 15.1. The minimum atomic E-state index is -0.639. The normalized spacial score (nSPS) is 13.8. The predicted octanol–water partition coefficient (Wildman–Crippen LogP) is 10.9. The first-order chi connectivity index (χ1) is 44.6. The minimum Gasteiger partial charge on any atom is -0.493 e. The SMILES string of the molecule is C#CCCCCOc1cc(C(=O)N[C@H]2C[C@@H](NC(=O)c3cc(OCCCCC#C)c(CCC(C)=O)c(OCCCCC#C)c3)C[C@@H](NC(=O)c3cc(OCCCCC#C)c(CNC(C)=O)c(OCCCCC#C)c3)C2)cc(OCCCCC#C)c1CCCNC(C)=O. The van der Waals surface area contributed by atoms with E-state index >= 15 is 0 Å². The van der Waals surface area contributed by atoms with E-state index in [0.717, 1.165) is 31.2 Å². The Kier molecular flexibility index (Phi) is 36.3. The number of ether oxygens (including phenoxy) is 6. The molecule has 5 N–H and O–H groups in total. The molecule has 17 nitrogen and oxygen atoms in total. The van der Waals surface area contributed by atoms with Crippen molar-refractivity contribution >= 4 is 35.3 Å². The van der Waals surface area contributed by atoms with Gasteiger partial charge in [0.25, 0.3) is 17.7 Å². The molecule has 0 saturated heterocycles. The van der Waals surface area contributed by atoms with E-state index in [-0.39, 0.29) is 79.7 Å². The first-order valence-electron chi connectivity index (χ1n) is 32.4. The van der Waals surface area contributed by atoms with E-state index < -0.39 is 35.8 Å². The topological polar surface area (TPSA) is 218 Å². The maximum atomic E-state index is 14.9. The molecular formula is C75H95N5O12. The smallest absolute Gasteiger partial charge is 0.251 e. The molecule has 0 radical (unpaired) electrons. The van der Waals surface area contributed by atoms with Crippen LogP contribution in [0.15, 0.2) is 36.4 Å². The lowest BCUT2D eigenvalue weighted by Crippen LogP contribution is -2.53. The van der Waals surface area contributed by atoms with E-state index in [9.17, 15) is 28.8 Å². The number of amides is 5. The highest BCUT2D eigenvalue weighted by molar-refractivity contribution is 5.97. The van der Waals surface area contributed by atoms with Gasteiger partial charge in [-0.3, -0.25) is 24.0 Å². The van der Waals surface area contributed by atoms with E-state index in [0.29, 0.717) is 188 Å². The highest BCUT2D eigenvalue weighted by Gasteiger charge is 2.34. The third-order valence-electron chi connectivity index (χ3n) is 15.1. The van der Waals surface area contributed by atoms with Gasteiger partial charge in [-0.2, -0.15) is 0 Å². The molecule has 5 amide bonds. The summed E-state index contributed by atoms with van der Waals surface area (Å²) in [7, 11) is 0. The van der Waals surface area contributed by atoms with E-state index in [1.165, 1.54) is 20.8 Å². The second kappa shape index (κ2) is 44.3. The molecule has 0 heterocycles. The van der Waals surface area contributed by atoms with Crippen LogP contribution in [0.2, 0.25) is 0 Å². The second-order valence-corrected chi connectivity index (χ2v) is 22.8. The van der Waals surface area contributed by atoms with Crippen LogP contribution >= 0.6 is 0 Å². The second-order valence-electron chi connectivity index (χ2n) is 22.8. The zero-order chi connectivity index (χ0) is 66.7. The number of unbranched alkanes of at least 4 members (excludes halogenated alkanes) is 12. The summed E-state index contributed by atoms with van der Waals surface area (Å²) < 4.78 is 38.3. The van der Waals surface area contributed by atoms with Crippen molar-refractivity contribution in [2.24, 2.45) is 0 Å². The van der Waals surface area contributed by atoms with Crippen molar-refractivity contribution in [2.45, 2.75) is 206 Å². The molecule has 1 aliphatic rings. The van der Waals surface area contributed by atoms with Crippen LogP contribution in [-0.4, -0.2) is 99.6 Å². The van der Waals surface area contributed by atoms with Gasteiger partial charge in [0.2, 0.25) is 11.8 Å². The molecule has 3 aromatic rings. The summed E-state index contributed by atoms with van der Waals surface area (Å²) >= 11 is 0. The molecule has 0 aromatic heterocycles. The monoisotopic (exact) mass is 1260 g/mol. The number of nitrogens with one attached hydrogen (secondary N) is 5. The number of carbonyl (C=O) groups excluding carboxylic acids is 6. The van der Waals surface area contributed by atoms with Gasteiger partial charge in [0.15, 0.2) is 0 Å². The zero-order valence-electron chi connectivity index (χ0n) is 54.4. The Morgan fingerprint density at radius 3 is 0.913 bits per heavy atom. The van der Waals surface area contributed by atoms with Crippen LogP contribution in [0.4, 0.5) is 0 Å². The van der Waals surface area contributed by atoms with Crippen LogP contribution in [0.5, 0.6) is 34.5 Å². The number of hydrogen-bond donors (Lipinski definition) is 5. The lowest BCUT2D eigenvalue weighted by atomic mass is 9.86. The maximum absolute atomic E-state index is 14.9. The van der Waals surface area contributed by atoms with Crippen molar-refractivity contribution < 1.29 is 57.2 Å². The molecule has 3 atom stereocenters. The summed E-state index contributed by atoms with van der Waals surface area (Å²) in [5, 5.41) is 15.4. The Bertz CT molecular complexity index is 2870. The molecule has 0 unspecified atom stereocenters.